The number of rotatable bonds is 2. The lowest BCUT2D eigenvalue weighted by Crippen LogP contribution is -2.43. The van der Waals surface area contributed by atoms with Gasteiger partial charge in [0.05, 0.1) is 4.88 Å². The van der Waals surface area contributed by atoms with Gasteiger partial charge in [0.15, 0.2) is 5.11 Å². The highest BCUT2D eigenvalue weighted by Gasteiger charge is 2.30. The van der Waals surface area contributed by atoms with Crippen molar-refractivity contribution in [2.45, 2.75) is 40.0 Å². The number of carbonyl (C=O) groups excluding carboxylic acids is 1. The van der Waals surface area contributed by atoms with Gasteiger partial charge in [-0.2, -0.15) is 0 Å². The Morgan fingerprint density at radius 3 is 2.59 bits per heavy atom. The van der Waals surface area contributed by atoms with Gasteiger partial charge >= 0.3 is 0 Å². The van der Waals surface area contributed by atoms with E-state index in [2.05, 4.69) is 36.9 Å². The minimum Gasteiger partial charge on any atom is -0.331 e. The zero-order valence-corrected chi connectivity index (χ0v) is 17.3. The van der Waals surface area contributed by atoms with Crippen molar-refractivity contribution in [2.24, 2.45) is 11.3 Å². The van der Waals surface area contributed by atoms with Gasteiger partial charge in [-0.3, -0.25) is 15.6 Å². The van der Waals surface area contributed by atoms with Crippen LogP contribution in [0, 0.1) is 17.2 Å². The largest absolute Gasteiger partial charge is 0.331 e. The van der Waals surface area contributed by atoms with Crippen molar-refractivity contribution in [1.29, 1.82) is 0 Å². The predicted molar refractivity (Wildman–Crippen MR) is 113 cm³/mol. The normalized spacial score (nSPS) is 16.4. The highest BCUT2D eigenvalue weighted by molar-refractivity contribution is 7.80. The minimum atomic E-state index is -0.317. The SMILES string of the molecule is CC(C)(C)[C@@H]1CCc2sc(C(=O)NNC(=S)Nc3ccc(F)cc3)cc2C1. The molecule has 0 bridgehead atoms. The summed E-state index contributed by atoms with van der Waals surface area (Å²) in [6.45, 7) is 6.84. The Labute approximate surface area is 168 Å². The summed E-state index contributed by atoms with van der Waals surface area (Å²) < 4.78 is 12.9. The molecule has 0 spiro atoms. The number of thiophene rings is 1. The fourth-order valence-corrected chi connectivity index (χ4v) is 4.52. The number of hydrogen-bond donors (Lipinski definition) is 3. The molecule has 0 radical (unpaired) electrons. The smallest absolute Gasteiger partial charge is 0.279 e. The average molecular weight is 406 g/mol. The molecule has 0 saturated heterocycles. The molecule has 0 fully saturated rings. The Bertz CT molecular complexity index is 840. The third-order valence-electron chi connectivity index (χ3n) is 4.92. The summed E-state index contributed by atoms with van der Waals surface area (Å²) in [6.07, 6.45) is 3.23. The van der Waals surface area contributed by atoms with Crippen LogP contribution in [0.25, 0.3) is 0 Å². The summed E-state index contributed by atoms with van der Waals surface area (Å²) in [7, 11) is 0. The summed E-state index contributed by atoms with van der Waals surface area (Å²) in [5, 5.41) is 3.13. The second-order valence-corrected chi connectivity index (χ2v) is 9.45. The van der Waals surface area contributed by atoms with Crippen LogP contribution in [-0.4, -0.2) is 11.0 Å². The van der Waals surface area contributed by atoms with Gasteiger partial charge in [0.1, 0.15) is 5.82 Å². The number of amides is 1. The molecule has 1 aliphatic rings. The first-order valence-corrected chi connectivity index (χ1v) is 10.2. The topological polar surface area (TPSA) is 53.2 Å². The van der Waals surface area contributed by atoms with Crippen molar-refractivity contribution >= 4 is 40.3 Å². The van der Waals surface area contributed by atoms with Crippen LogP contribution in [0.3, 0.4) is 0 Å². The van der Waals surface area contributed by atoms with E-state index < -0.39 is 0 Å². The van der Waals surface area contributed by atoms with Gasteiger partial charge in [-0.25, -0.2) is 4.39 Å². The Kier molecular flexibility index (Phi) is 5.81. The number of halogens is 1. The number of aryl methyl sites for hydroxylation is 1. The summed E-state index contributed by atoms with van der Waals surface area (Å²) >= 11 is 6.71. The summed E-state index contributed by atoms with van der Waals surface area (Å²) in [5.74, 6) is 0.120. The van der Waals surface area contributed by atoms with Crippen molar-refractivity contribution in [1.82, 2.24) is 10.9 Å². The van der Waals surface area contributed by atoms with Gasteiger partial charge in [0.2, 0.25) is 0 Å². The van der Waals surface area contributed by atoms with Crippen molar-refractivity contribution in [3.05, 3.63) is 51.5 Å². The van der Waals surface area contributed by atoms with Crippen molar-refractivity contribution < 1.29 is 9.18 Å². The molecule has 1 aliphatic carbocycles. The van der Waals surface area contributed by atoms with Crippen LogP contribution in [0.15, 0.2) is 30.3 Å². The molecule has 144 valence electrons. The van der Waals surface area contributed by atoms with E-state index in [4.69, 9.17) is 12.2 Å². The van der Waals surface area contributed by atoms with Gasteiger partial charge in [-0.1, -0.05) is 20.8 Å². The van der Waals surface area contributed by atoms with Gasteiger partial charge in [0.25, 0.3) is 5.91 Å². The molecule has 4 nitrogen and oxygen atoms in total. The number of benzene rings is 1. The fraction of sp³-hybridized carbons (Fsp3) is 0.400. The maximum absolute atomic E-state index is 12.9. The van der Waals surface area contributed by atoms with Crippen molar-refractivity contribution in [3.63, 3.8) is 0 Å². The van der Waals surface area contributed by atoms with E-state index in [1.165, 1.54) is 29.0 Å². The summed E-state index contributed by atoms with van der Waals surface area (Å²) in [4.78, 5) is 14.4. The molecule has 3 rings (SSSR count). The van der Waals surface area contributed by atoms with E-state index in [-0.39, 0.29) is 22.3 Å². The van der Waals surface area contributed by atoms with Gasteiger partial charge in [0, 0.05) is 10.6 Å². The molecule has 1 amide bonds. The molecule has 1 heterocycles. The molecule has 1 aromatic heterocycles. The van der Waals surface area contributed by atoms with Gasteiger partial charge < -0.3 is 5.32 Å². The fourth-order valence-electron chi connectivity index (χ4n) is 3.25. The monoisotopic (exact) mass is 405 g/mol. The quantitative estimate of drug-likeness (QED) is 0.502. The number of hydrazine groups is 1. The van der Waals surface area contributed by atoms with E-state index in [9.17, 15) is 9.18 Å². The molecule has 7 heteroatoms. The Balaban J connectivity index is 1.55. The lowest BCUT2D eigenvalue weighted by atomic mass is 9.72. The molecule has 0 aliphatic heterocycles. The lowest BCUT2D eigenvalue weighted by molar-refractivity contribution is 0.0948. The molecular weight excluding hydrogens is 381 g/mol. The maximum Gasteiger partial charge on any atom is 0.279 e. The molecular formula is C20H24FN3OS2. The highest BCUT2D eigenvalue weighted by Crippen LogP contribution is 2.40. The Morgan fingerprint density at radius 2 is 1.93 bits per heavy atom. The first kappa shape index (κ1) is 19.8. The summed E-state index contributed by atoms with van der Waals surface area (Å²) in [5.41, 5.74) is 7.53. The molecule has 1 atom stereocenters. The predicted octanol–water partition coefficient (Wildman–Crippen LogP) is 4.67. The van der Waals surface area contributed by atoms with Crippen LogP contribution in [0.4, 0.5) is 10.1 Å². The third kappa shape index (κ3) is 5.05. The zero-order valence-electron chi connectivity index (χ0n) is 15.7. The molecule has 1 aromatic carbocycles. The Morgan fingerprint density at radius 1 is 1.22 bits per heavy atom. The van der Waals surface area contributed by atoms with E-state index in [0.29, 0.717) is 16.5 Å². The number of anilines is 1. The molecule has 0 unspecified atom stereocenters. The van der Waals surface area contributed by atoms with Crippen LogP contribution >= 0.6 is 23.6 Å². The first-order chi connectivity index (χ1) is 12.7. The highest BCUT2D eigenvalue weighted by atomic mass is 32.1. The zero-order chi connectivity index (χ0) is 19.6. The van der Waals surface area contributed by atoms with Gasteiger partial charge in [-0.05, 0) is 78.7 Å². The average Bonchev–Trinajstić information content (AvgIpc) is 3.04. The number of carbonyl (C=O) groups is 1. The van der Waals surface area contributed by atoms with E-state index >= 15 is 0 Å². The van der Waals surface area contributed by atoms with E-state index in [1.54, 1.807) is 23.5 Å². The second-order valence-electron chi connectivity index (χ2n) is 7.90. The number of nitrogens with one attached hydrogen (secondary N) is 3. The molecule has 2 aromatic rings. The Hall–Kier alpha value is -1.99. The van der Waals surface area contributed by atoms with Gasteiger partial charge in [-0.15, -0.1) is 11.3 Å². The van der Waals surface area contributed by atoms with Crippen molar-refractivity contribution in [3.8, 4) is 0 Å². The van der Waals surface area contributed by atoms with Crippen LogP contribution in [-0.2, 0) is 12.8 Å². The maximum atomic E-state index is 12.9. The molecule has 27 heavy (non-hydrogen) atoms. The van der Waals surface area contributed by atoms with Crippen LogP contribution < -0.4 is 16.2 Å². The van der Waals surface area contributed by atoms with Crippen LogP contribution in [0.5, 0.6) is 0 Å². The standard InChI is InChI=1S/C20H24FN3OS2/c1-20(2,3)13-4-9-16-12(10-13)11-17(27-16)18(25)23-24-19(26)22-15-7-5-14(21)6-8-15/h5-8,11,13H,4,9-10H2,1-3H3,(H,23,25)(H2,22,24,26)/t13-/m1/s1. The van der Waals surface area contributed by atoms with Crippen LogP contribution in [0.2, 0.25) is 0 Å². The van der Waals surface area contributed by atoms with E-state index in [0.717, 1.165) is 12.8 Å². The van der Waals surface area contributed by atoms with Crippen molar-refractivity contribution in [2.75, 3.05) is 5.32 Å². The van der Waals surface area contributed by atoms with E-state index in [1.807, 2.05) is 6.07 Å². The first-order valence-electron chi connectivity index (χ1n) is 8.97. The number of hydrogen-bond acceptors (Lipinski definition) is 3. The minimum absolute atomic E-state index is 0.204. The second kappa shape index (κ2) is 7.94. The summed E-state index contributed by atoms with van der Waals surface area (Å²) in [6, 6.07) is 7.83. The number of fused-ring (bicyclic) bond motifs is 1. The third-order valence-corrected chi connectivity index (χ3v) is 6.36. The number of thiocarbonyl (C=S) groups is 1. The molecule has 0 saturated carbocycles. The molecule has 3 N–H and O–H groups in total. The van der Waals surface area contributed by atoms with Crippen LogP contribution in [0.1, 0.15) is 47.3 Å². The lowest BCUT2D eigenvalue weighted by Gasteiger charge is -2.33.